The second-order valence-corrected chi connectivity index (χ2v) is 6.28. The topological polar surface area (TPSA) is 46.3 Å². The van der Waals surface area contributed by atoms with Gasteiger partial charge in [0.2, 0.25) is 5.91 Å². The van der Waals surface area contributed by atoms with Crippen LogP contribution < -0.4 is 5.73 Å². The minimum atomic E-state index is -0.361. The standard InChI is InChI=1S/C14H19FN2OS/c1-10(14(18)17-5-3-2-4-6-17)19-13-8-11(15)7-12(16)9-13/h7-10H,2-6,16H2,1H3. The summed E-state index contributed by atoms with van der Waals surface area (Å²) in [6.45, 7) is 3.55. The van der Waals surface area contributed by atoms with E-state index < -0.39 is 0 Å². The van der Waals surface area contributed by atoms with Gasteiger partial charge in [0.05, 0.1) is 5.25 Å². The third kappa shape index (κ3) is 3.86. The lowest BCUT2D eigenvalue weighted by Crippen LogP contribution is -2.40. The van der Waals surface area contributed by atoms with Gasteiger partial charge in [0.15, 0.2) is 0 Å². The zero-order chi connectivity index (χ0) is 13.8. The lowest BCUT2D eigenvalue weighted by atomic mass is 10.1. The predicted molar refractivity (Wildman–Crippen MR) is 76.6 cm³/mol. The van der Waals surface area contributed by atoms with Gasteiger partial charge in [0, 0.05) is 23.7 Å². The first-order valence-corrected chi connectivity index (χ1v) is 7.46. The molecule has 0 spiro atoms. The number of anilines is 1. The summed E-state index contributed by atoms with van der Waals surface area (Å²) in [5.41, 5.74) is 5.99. The highest BCUT2D eigenvalue weighted by Gasteiger charge is 2.22. The monoisotopic (exact) mass is 282 g/mol. The minimum Gasteiger partial charge on any atom is -0.399 e. The van der Waals surface area contributed by atoms with Crippen LogP contribution in [-0.2, 0) is 4.79 Å². The van der Waals surface area contributed by atoms with Gasteiger partial charge in [-0.2, -0.15) is 0 Å². The quantitative estimate of drug-likeness (QED) is 0.685. The van der Waals surface area contributed by atoms with E-state index in [-0.39, 0.29) is 17.0 Å². The average molecular weight is 282 g/mol. The van der Waals surface area contributed by atoms with Gasteiger partial charge in [0.1, 0.15) is 5.82 Å². The number of amides is 1. The van der Waals surface area contributed by atoms with E-state index in [0.29, 0.717) is 10.6 Å². The van der Waals surface area contributed by atoms with Gasteiger partial charge in [0.25, 0.3) is 0 Å². The van der Waals surface area contributed by atoms with E-state index in [4.69, 9.17) is 5.73 Å². The molecular formula is C14H19FN2OS. The molecule has 0 aromatic heterocycles. The number of nitrogen functional groups attached to an aromatic ring is 1. The average Bonchev–Trinajstić information content (AvgIpc) is 2.37. The smallest absolute Gasteiger partial charge is 0.235 e. The molecule has 2 N–H and O–H groups in total. The molecule has 1 aliphatic heterocycles. The van der Waals surface area contributed by atoms with E-state index in [1.165, 1.54) is 30.3 Å². The summed E-state index contributed by atoms with van der Waals surface area (Å²) in [7, 11) is 0. The molecule has 1 aliphatic rings. The number of piperidine rings is 1. The van der Waals surface area contributed by atoms with Crippen molar-refractivity contribution in [3.63, 3.8) is 0 Å². The molecule has 5 heteroatoms. The highest BCUT2D eigenvalue weighted by molar-refractivity contribution is 8.00. The molecule has 104 valence electrons. The van der Waals surface area contributed by atoms with Gasteiger partial charge in [-0.05, 0) is 44.4 Å². The number of carbonyl (C=O) groups excluding carboxylic acids is 1. The van der Waals surface area contributed by atoms with Crippen LogP contribution in [-0.4, -0.2) is 29.1 Å². The summed E-state index contributed by atoms with van der Waals surface area (Å²) in [6, 6.07) is 4.40. The SMILES string of the molecule is CC(Sc1cc(N)cc(F)c1)C(=O)N1CCCCC1. The van der Waals surface area contributed by atoms with Gasteiger partial charge >= 0.3 is 0 Å². The first kappa shape index (κ1) is 14.2. The van der Waals surface area contributed by atoms with Crippen molar-refractivity contribution in [2.24, 2.45) is 0 Å². The Balaban J connectivity index is 1.99. The van der Waals surface area contributed by atoms with Crippen molar-refractivity contribution in [1.29, 1.82) is 0 Å². The van der Waals surface area contributed by atoms with Crippen LogP contribution in [0.15, 0.2) is 23.1 Å². The maximum absolute atomic E-state index is 13.2. The van der Waals surface area contributed by atoms with Crippen molar-refractivity contribution < 1.29 is 9.18 Å². The maximum atomic E-state index is 13.2. The first-order chi connectivity index (χ1) is 9.06. The lowest BCUT2D eigenvalue weighted by molar-refractivity contribution is -0.131. The number of rotatable bonds is 3. The number of nitrogens with zero attached hydrogens (tertiary/aromatic N) is 1. The fraction of sp³-hybridized carbons (Fsp3) is 0.500. The summed E-state index contributed by atoms with van der Waals surface area (Å²) in [4.78, 5) is 14.9. The summed E-state index contributed by atoms with van der Waals surface area (Å²) >= 11 is 1.36. The molecule has 2 rings (SSSR count). The number of likely N-dealkylation sites (tertiary alicyclic amines) is 1. The number of carbonyl (C=O) groups is 1. The van der Waals surface area contributed by atoms with Crippen molar-refractivity contribution in [2.45, 2.75) is 36.3 Å². The van der Waals surface area contributed by atoms with Crippen LogP contribution in [0.25, 0.3) is 0 Å². The molecule has 19 heavy (non-hydrogen) atoms. The van der Waals surface area contributed by atoms with Crippen molar-refractivity contribution in [3.8, 4) is 0 Å². The predicted octanol–water partition coefficient (Wildman–Crippen LogP) is 2.90. The summed E-state index contributed by atoms with van der Waals surface area (Å²) in [6.07, 6.45) is 3.36. The van der Waals surface area contributed by atoms with Crippen molar-refractivity contribution in [1.82, 2.24) is 4.90 Å². The van der Waals surface area contributed by atoms with Crippen LogP contribution >= 0.6 is 11.8 Å². The number of benzene rings is 1. The Labute approximate surface area is 117 Å². The Bertz CT molecular complexity index is 441. The molecule has 1 fully saturated rings. The van der Waals surface area contributed by atoms with E-state index in [2.05, 4.69) is 0 Å². The second-order valence-electron chi connectivity index (χ2n) is 4.87. The summed E-state index contributed by atoms with van der Waals surface area (Å²) < 4.78 is 13.2. The number of thioether (sulfide) groups is 1. The van der Waals surface area contributed by atoms with Gasteiger partial charge < -0.3 is 10.6 Å². The van der Waals surface area contributed by atoms with Gasteiger partial charge in [-0.3, -0.25) is 4.79 Å². The molecule has 0 radical (unpaired) electrons. The number of hydrogen-bond acceptors (Lipinski definition) is 3. The van der Waals surface area contributed by atoms with E-state index in [1.54, 1.807) is 6.07 Å². The first-order valence-electron chi connectivity index (χ1n) is 6.58. The highest BCUT2D eigenvalue weighted by atomic mass is 32.2. The van der Waals surface area contributed by atoms with Crippen molar-refractivity contribution >= 4 is 23.4 Å². The Kier molecular flexibility index (Phi) is 4.69. The Hall–Kier alpha value is -1.23. The van der Waals surface area contributed by atoms with E-state index in [1.807, 2.05) is 11.8 Å². The number of halogens is 1. The van der Waals surface area contributed by atoms with Gasteiger partial charge in [-0.25, -0.2) is 4.39 Å². The fourth-order valence-electron chi connectivity index (χ4n) is 2.28. The molecular weight excluding hydrogens is 263 g/mol. The van der Waals surface area contributed by atoms with E-state index in [0.717, 1.165) is 25.9 Å². The molecule has 3 nitrogen and oxygen atoms in total. The molecule has 1 amide bonds. The van der Waals surface area contributed by atoms with Crippen LogP contribution in [0.2, 0.25) is 0 Å². The molecule has 0 aliphatic carbocycles. The molecule has 0 bridgehead atoms. The molecule has 1 aromatic rings. The molecule has 1 saturated heterocycles. The van der Waals surface area contributed by atoms with Crippen molar-refractivity contribution in [2.75, 3.05) is 18.8 Å². The van der Waals surface area contributed by atoms with Crippen LogP contribution in [0, 0.1) is 5.82 Å². The lowest BCUT2D eigenvalue weighted by Gasteiger charge is -2.29. The maximum Gasteiger partial charge on any atom is 0.235 e. The normalized spacial score (nSPS) is 17.3. The highest BCUT2D eigenvalue weighted by Crippen LogP contribution is 2.27. The molecule has 1 atom stereocenters. The second kappa shape index (κ2) is 6.28. The Morgan fingerprint density at radius 3 is 2.63 bits per heavy atom. The fourth-order valence-corrected chi connectivity index (χ4v) is 3.32. The summed E-state index contributed by atoms with van der Waals surface area (Å²) in [5.74, 6) is -0.229. The zero-order valence-corrected chi connectivity index (χ0v) is 11.9. The van der Waals surface area contributed by atoms with Crippen molar-refractivity contribution in [3.05, 3.63) is 24.0 Å². The van der Waals surface area contributed by atoms with Crippen LogP contribution in [0.5, 0.6) is 0 Å². The molecule has 1 unspecified atom stereocenters. The van der Waals surface area contributed by atoms with E-state index in [9.17, 15) is 9.18 Å². The Morgan fingerprint density at radius 2 is 2.00 bits per heavy atom. The largest absolute Gasteiger partial charge is 0.399 e. The third-order valence-corrected chi connectivity index (χ3v) is 4.29. The molecule has 1 aromatic carbocycles. The number of hydrogen-bond donors (Lipinski definition) is 1. The van der Waals surface area contributed by atoms with Crippen LogP contribution in [0.3, 0.4) is 0 Å². The van der Waals surface area contributed by atoms with Gasteiger partial charge in [-0.1, -0.05) is 0 Å². The molecule has 0 saturated carbocycles. The summed E-state index contributed by atoms with van der Waals surface area (Å²) in [5, 5.41) is -0.209. The third-order valence-electron chi connectivity index (χ3n) is 3.22. The Morgan fingerprint density at radius 1 is 1.32 bits per heavy atom. The molecule has 1 heterocycles. The van der Waals surface area contributed by atoms with Gasteiger partial charge in [-0.15, -0.1) is 11.8 Å². The van der Waals surface area contributed by atoms with E-state index >= 15 is 0 Å². The van der Waals surface area contributed by atoms with Crippen LogP contribution in [0.1, 0.15) is 26.2 Å². The van der Waals surface area contributed by atoms with Crippen LogP contribution in [0.4, 0.5) is 10.1 Å². The number of nitrogens with two attached hydrogens (primary N) is 1. The zero-order valence-electron chi connectivity index (χ0n) is 11.1. The minimum absolute atomic E-state index is 0.132.